The first kappa shape index (κ1) is 8.16. The summed E-state index contributed by atoms with van der Waals surface area (Å²) in [7, 11) is 0. The van der Waals surface area contributed by atoms with Crippen LogP contribution in [0, 0.1) is 0 Å². The number of halogens is 1. The predicted octanol–water partition coefficient (Wildman–Crippen LogP) is 0.448. The minimum absolute atomic E-state index is 0.334. The van der Waals surface area contributed by atoms with Crippen LogP contribution in [0.25, 0.3) is 0 Å². The van der Waals surface area contributed by atoms with Crippen LogP contribution in [0.15, 0.2) is 22.9 Å². The molecule has 1 amide bonds. The lowest BCUT2D eigenvalue weighted by molar-refractivity contribution is 0.0953. The van der Waals surface area contributed by atoms with Gasteiger partial charge in [0.25, 0.3) is 5.91 Å². The van der Waals surface area contributed by atoms with Crippen molar-refractivity contribution < 1.29 is 4.79 Å². The fraction of sp³-hybridized carbons (Fsp3) is 0. The van der Waals surface area contributed by atoms with Crippen molar-refractivity contribution in [3.05, 3.63) is 28.5 Å². The quantitative estimate of drug-likeness (QED) is 0.406. The van der Waals surface area contributed by atoms with E-state index in [1.54, 1.807) is 6.07 Å². The van der Waals surface area contributed by atoms with Crippen LogP contribution in [0.5, 0.6) is 0 Å². The Morgan fingerprint density at radius 1 is 1.73 bits per heavy atom. The molecule has 58 valence electrons. The number of nitrogen functional groups attached to an aromatic ring is 1. The van der Waals surface area contributed by atoms with Gasteiger partial charge in [0.2, 0.25) is 0 Å². The fourth-order valence-corrected chi connectivity index (χ4v) is 1.07. The first-order chi connectivity index (χ1) is 5.25. The Balaban J connectivity index is 3.03. The molecule has 1 aromatic rings. The molecule has 0 spiro atoms. The largest absolute Gasteiger partial charge is 0.290 e. The van der Waals surface area contributed by atoms with Crippen molar-refractivity contribution in [2.75, 3.05) is 0 Å². The number of hydrogen-bond donors (Lipinski definition) is 2. The molecule has 0 radical (unpaired) electrons. The van der Waals surface area contributed by atoms with Crippen molar-refractivity contribution in [2.24, 2.45) is 5.84 Å². The van der Waals surface area contributed by atoms with E-state index in [0.29, 0.717) is 10.0 Å². The summed E-state index contributed by atoms with van der Waals surface area (Å²) in [5, 5.41) is 0. The van der Waals surface area contributed by atoms with Crippen molar-refractivity contribution in [3.63, 3.8) is 0 Å². The van der Waals surface area contributed by atoms with E-state index in [0.717, 1.165) is 0 Å². The summed E-state index contributed by atoms with van der Waals surface area (Å²) < 4.78 is 0.628. The third kappa shape index (κ3) is 1.75. The van der Waals surface area contributed by atoms with Gasteiger partial charge in [-0.3, -0.25) is 15.2 Å². The maximum atomic E-state index is 10.9. The highest BCUT2D eigenvalue weighted by atomic mass is 79.9. The van der Waals surface area contributed by atoms with Gasteiger partial charge in [-0.25, -0.2) is 5.84 Å². The molecule has 0 aliphatic carbocycles. The molecule has 5 heteroatoms. The number of pyridine rings is 1. The van der Waals surface area contributed by atoms with E-state index in [1.165, 1.54) is 12.4 Å². The number of aromatic nitrogens is 1. The molecular formula is C6H6BrN3O. The van der Waals surface area contributed by atoms with Crippen LogP contribution in [-0.4, -0.2) is 10.9 Å². The van der Waals surface area contributed by atoms with E-state index < -0.39 is 0 Å². The summed E-state index contributed by atoms with van der Waals surface area (Å²) in [6, 6.07) is 1.58. The van der Waals surface area contributed by atoms with Crippen molar-refractivity contribution in [3.8, 4) is 0 Å². The Bertz CT molecular complexity index is 276. The summed E-state index contributed by atoms with van der Waals surface area (Å²) in [5.74, 6) is 4.60. The number of hydrazine groups is 1. The molecule has 0 saturated carbocycles. The van der Waals surface area contributed by atoms with Gasteiger partial charge < -0.3 is 0 Å². The number of nitrogens with two attached hydrogens (primary N) is 1. The zero-order valence-corrected chi connectivity index (χ0v) is 7.13. The van der Waals surface area contributed by atoms with Gasteiger partial charge >= 0.3 is 0 Å². The number of amides is 1. The Morgan fingerprint density at radius 3 is 3.00 bits per heavy atom. The fourth-order valence-electron chi connectivity index (χ4n) is 0.637. The van der Waals surface area contributed by atoms with Crippen LogP contribution >= 0.6 is 15.9 Å². The second kappa shape index (κ2) is 3.45. The highest BCUT2D eigenvalue weighted by molar-refractivity contribution is 9.10. The Hall–Kier alpha value is -0.940. The predicted molar refractivity (Wildman–Crippen MR) is 43.6 cm³/mol. The van der Waals surface area contributed by atoms with Crippen molar-refractivity contribution in [1.82, 2.24) is 10.4 Å². The van der Waals surface area contributed by atoms with Crippen molar-refractivity contribution in [2.45, 2.75) is 0 Å². The van der Waals surface area contributed by atoms with E-state index in [2.05, 4.69) is 20.9 Å². The molecule has 1 aromatic heterocycles. The van der Waals surface area contributed by atoms with E-state index in [-0.39, 0.29) is 5.91 Å². The summed E-state index contributed by atoms with van der Waals surface area (Å²) in [6.45, 7) is 0. The number of nitrogens with zero attached hydrogens (tertiary/aromatic N) is 1. The second-order valence-electron chi connectivity index (χ2n) is 1.83. The normalized spacial score (nSPS) is 9.27. The van der Waals surface area contributed by atoms with Gasteiger partial charge in [0.1, 0.15) is 0 Å². The Labute approximate surface area is 71.9 Å². The lowest BCUT2D eigenvalue weighted by atomic mass is 10.3. The van der Waals surface area contributed by atoms with Gasteiger partial charge in [-0.2, -0.15) is 0 Å². The van der Waals surface area contributed by atoms with Gasteiger partial charge in [-0.05, 0) is 22.0 Å². The van der Waals surface area contributed by atoms with Gasteiger partial charge in [0, 0.05) is 16.9 Å². The van der Waals surface area contributed by atoms with Gasteiger partial charge in [-0.1, -0.05) is 0 Å². The van der Waals surface area contributed by atoms with E-state index in [4.69, 9.17) is 5.84 Å². The molecule has 1 heterocycles. The maximum absolute atomic E-state index is 10.9. The van der Waals surface area contributed by atoms with E-state index in [1.807, 2.05) is 5.43 Å². The molecule has 0 atom stereocenters. The van der Waals surface area contributed by atoms with Crippen LogP contribution in [0.3, 0.4) is 0 Å². The molecule has 0 fully saturated rings. The molecular weight excluding hydrogens is 210 g/mol. The second-order valence-corrected chi connectivity index (χ2v) is 2.68. The van der Waals surface area contributed by atoms with Crippen molar-refractivity contribution >= 4 is 21.8 Å². The monoisotopic (exact) mass is 215 g/mol. The SMILES string of the molecule is NNC(=O)c1ccncc1Br. The molecule has 11 heavy (non-hydrogen) atoms. The zero-order valence-electron chi connectivity index (χ0n) is 5.54. The third-order valence-corrected chi connectivity index (χ3v) is 1.78. The molecule has 0 aliphatic heterocycles. The summed E-state index contributed by atoms with van der Waals surface area (Å²) in [4.78, 5) is 14.7. The highest BCUT2D eigenvalue weighted by Crippen LogP contribution is 2.13. The summed E-state index contributed by atoms with van der Waals surface area (Å²) >= 11 is 3.16. The van der Waals surface area contributed by atoms with Gasteiger partial charge in [0.05, 0.1) is 5.56 Å². The van der Waals surface area contributed by atoms with Crippen molar-refractivity contribution in [1.29, 1.82) is 0 Å². The van der Waals surface area contributed by atoms with Crippen LogP contribution in [-0.2, 0) is 0 Å². The van der Waals surface area contributed by atoms with Crippen LogP contribution < -0.4 is 11.3 Å². The van der Waals surface area contributed by atoms with Crippen LogP contribution in [0.4, 0.5) is 0 Å². The lowest BCUT2D eigenvalue weighted by Gasteiger charge is -1.99. The molecule has 0 unspecified atom stereocenters. The molecule has 4 nitrogen and oxygen atoms in total. The number of rotatable bonds is 1. The topological polar surface area (TPSA) is 68.0 Å². The Morgan fingerprint density at radius 2 is 2.45 bits per heavy atom. The van der Waals surface area contributed by atoms with Crippen LogP contribution in [0.1, 0.15) is 10.4 Å². The number of carbonyl (C=O) groups is 1. The van der Waals surface area contributed by atoms with Gasteiger partial charge in [0.15, 0.2) is 0 Å². The third-order valence-electron chi connectivity index (χ3n) is 1.15. The minimum atomic E-state index is -0.334. The molecule has 3 N–H and O–H groups in total. The molecule has 1 rings (SSSR count). The average molecular weight is 216 g/mol. The standard InChI is InChI=1S/C6H6BrN3O/c7-5-3-9-2-1-4(5)6(11)10-8/h1-3H,8H2,(H,10,11). The molecule has 0 aliphatic rings. The minimum Gasteiger partial charge on any atom is -0.290 e. The zero-order chi connectivity index (χ0) is 8.27. The number of carbonyl (C=O) groups excluding carboxylic acids is 1. The highest BCUT2D eigenvalue weighted by Gasteiger charge is 2.06. The lowest BCUT2D eigenvalue weighted by Crippen LogP contribution is -2.30. The molecule has 0 bridgehead atoms. The van der Waals surface area contributed by atoms with Crippen LogP contribution in [0.2, 0.25) is 0 Å². The summed E-state index contributed by atoms with van der Waals surface area (Å²) in [5.41, 5.74) is 2.50. The summed E-state index contributed by atoms with van der Waals surface area (Å²) in [6.07, 6.45) is 3.06. The first-order valence-corrected chi connectivity index (χ1v) is 3.65. The smallest absolute Gasteiger partial charge is 0.266 e. The van der Waals surface area contributed by atoms with E-state index >= 15 is 0 Å². The van der Waals surface area contributed by atoms with E-state index in [9.17, 15) is 4.79 Å². The number of nitrogens with one attached hydrogen (secondary N) is 1. The molecule has 0 aromatic carbocycles. The Kier molecular flexibility index (Phi) is 2.56. The molecule has 0 saturated heterocycles. The van der Waals surface area contributed by atoms with Gasteiger partial charge in [-0.15, -0.1) is 0 Å². The maximum Gasteiger partial charge on any atom is 0.266 e. The average Bonchev–Trinajstić information content (AvgIpc) is 2.04. The number of hydrogen-bond acceptors (Lipinski definition) is 3. The first-order valence-electron chi connectivity index (χ1n) is 2.86.